The van der Waals surface area contributed by atoms with E-state index < -0.39 is 0 Å². The average molecular weight is 252 g/mol. The molecule has 0 aromatic carbocycles. The van der Waals surface area contributed by atoms with Gasteiger partial charge in [0.05, 0.1) is 0 Å². The first-order valence-electron chi connectivity index (χ1n) is 6.60. The van der Waals surface area contributed by atoms with Gasteiger partial charge in [0.1, 0.15) is 0 Å². The van der Waals surface area contributed by atoms with Crippen LogP contribution in [0.15, 0.2) is 6.07 Å². The molecule has 1 N–H and O–H groups in total. The van der Waals surface area contributed by atoms with Gasteiger partial charge in [0.15, 0.2) is 0 Å². The highest BCUT2D eigenvalue weighted by Crippen LogP contribution is 2.28. The summed E-state index contributed by atoms with van der Waals surface area (Å²) in [6.07, 6.45) is 4.33. The summed E-state index contributed by atoms with van der Waals surface area (Å²) >= 11 is 1.93. The lowest BCUT2D eigenvalue weighted by Gasteiger charge is -2.30. The summed E-state index contributed by atoms with van der Waals surface area (Å²) in [5.74, 6) is 0.968. The predicted octanol–water partition coefficient (Wildman–Crippen LogP) is 3.01. The zero-order chi connectivity index (χ0) is 12.3. The number of hydrogen-bond acceptors (Lipinski definition) is 3. The van der Waals surface area contributed by atoms with Crippen molar-refractivity contribution in [2.45, 2.75) is 39.3 Å². The van der Waals surface area contributed by atoms with E-state index in [4.69, 9.17) is 0 Å². The van der Waals surface area contributed by atoms with Gasteiger partial charge in [-0.25, -0.2) is 0 Å². The molecular formula is C14H24N2S. The molecule has 1 saturated carbocycles. The van der Waals surface area contributed by atoms with Crippen molar-refractivity contribution in [2.24, 2.45) is 5.92 Å². The molecule has 96 valence electrons. The smallest absolute Gasteiger partial charge is 0.0296 e. The molecule has 1 aliphatic rings. The van der Waals surface area contributed by atoms with Crippen molar-refractivity contribution < 1.29 is 0 Å². The Balaban J connectivity index is 1.87. The molecule has 2 nitrogen and oxygen atoms in total. The third kappa shape index (κ3) is 3.54. The van der Waals surface area contributed by atoms with Gasteiger partial charge < -0.3 is 10.2 Å². The molecule has 1 aromatic heterocycles. The van der Waals surface area contributed by atoms with Crippen molar-refractivity contribution in [1.29, 1.82) is 0 Å². The van der Waals surface area contributed by atoms with Crippen LogP contribution in [0.4, 0.5) is 0 Å². The van der Waals surface area contributed by atoms with Crippen LogP contribution >= 0.6 is 11.3 Å². The van der Waals surface area contributed by atoms with Gasteiger partial charge >= 0.3 is 0 Å². The van der Waals surface area contributed by atoms with Crippen molar-refractivity contribution >= 4 is 11.3 Å². The molecule has 0 saturated heterocycles. The van der Waals surface area contributed by atoms with Crippen LogP contribution in [0.5, 0.6) is 0 Å². The lowest BCUT2D eigenvalue weighted by Crippen LogP contribution is -2.29. The Morgan fingerprint density at radius 2 is 2.24 bits per heavy atom. The fourth-order valence-corrected chi connectivity index (χ4v) is 3.54. The molecule has 2 rings (SSSR count). The topological polar surface area (TPSA) is 15.3 Å². The fraction of sp³-hybridized carbons (Fsp3) is 0.714. The second-order valence-electron chi connectivity index (χ2n) is 5.32. The molecule has 0 radical (unpaired) electrons. The van der Waals surface area contributed by atoms with Crippen LogP contribution in [0.2, 0.25) is 0 Å². The maximum absolute atomic E-state index is 3.23. The molecule has 0 bridgehead atoms. The Hall–Kier alpha value is -0.380. The minimum atomic E-state index is 0.968. The zero-order valence-corrected chi connectivity index (χ0v) is 12.1. The summed E-state index contributed by atoms with van der Waals surface area (Å²) in [5, 5.41) is 3.23. The van der Waals surface area contributed by atoms with Crippen molar-refractivity contribution in [3.05, 3.63) is 21.4 Å². The fourth-order valence-electron chi connectivity index (χ4n) is 2.48. The van der Waals surface area contributed by atoms with Crippen LogP contribution in [-0.2, 0) is 13.1 Å². The lowest BCUT2D eigenvalue weighted by molar-refractivity contribution is 0.200. The third-order valence-corrected chi connectivity index (χ3v) is 4.75. The lowest BCUT2D eigenvalue weighted by atomic mass is 9.85. The van der Waals surface area contributed by atoms with Crippen molar-refractivity contribution in [3.63, 3.8) is 0 Å². The largest absolute Gasteiger partial charge is 0.315 e. The Bertz CT molecular complexity index is 355. The maximum Gasteiger partial charge on any atom is 0.0296 e. The Labute approximate surface area is 109 Å². The predicted molar refractivity (Wildman–Crippen MR) is 75.5 cm³/mol. The SMILES string of the molecule is CNCc1cc(CN(C)CC2CCC2)c(C)s1. The molecule has 0 spiro atoms. The number of nitrogens with one attached hydrogen (secondary N) is 1. The van der Waals surface area contributed by atoms with E-state index in [-0.39, 0.29) is 0 Å². The zero-order valence-electron chi connectivity index (χ0n) is 11.3. The van der Waals surface area contributed by atoms with Crippen molar-refractivity contribution in [3.8, 4) is 0 Å². The molecule has 1 aromatic rings. The maximum atomic E-state index is 3.23. The highest BCUT2D eigenvalue weighted by molar-refractivity contribution is 7.12. The van der Waals surface area contributed by atoms with Crippen LogP contribution in [-0.4, -0.2) is 25.5 Å². The quantitative estimate of drug-likeness (QED) is 0.837. The summed E-state index contributed by atoms with van der Waals surface area (Å²) in [5.41, 5.74) is 1.52. The number of thiophene rings is 1. The molecule has 0 atom stereocenters. The normalized spacial score (nSPS) is 16.5. The molecule has 17 heavy (non-hydrogen) atoms. The van der Waals surface area contributed by atoms with Crippen LogP contribution in [0, 0.1) is 12.8 Å². The number of hydrogen-bond donors (Lipinski definition) is 1. The first-order chi connectivity index (χ1) is 8.19. The van der Waals surface area contributed by atoms with E-state index in [9.17, 15) is 0 Å². The monoisotopic (exact) mass is 252 g/mol. The standard InChI is InChI=1S/C14H24N2S/c1-11-13(7-14(17-11)8-15-2)10-16(3)9-12-5-4-6-12/h7,12,15H,4-6,8-10H2,1-3H3. The summed E-state index contributed by atoms with van der Waals surface area (Å²) in [6, 6.07) is 2.37. The van der Waals surface area contributed by atoms with Gasteiger partial charge in [0, 0.05) is 29.4 Å². The number of rotatable bonds is 6. The minimum Gasteiger partial charge on any atom is -0.315 e. The molecule has 0 unspecified atom stereocenters. The number of nitrogens with zero attached hydrogens (tertiary/aromatic N) is 1. The van der Waals surface area contributed by atoms with Gasteiger partial charge in [-0.3, -0.25) is 0 Å². The second kappa shape index (κ2) is 5.98. The molecule has 1 heterocycles. The molecule has 3 heteroatoms. The summed E-state index contributed by atoms with van der Waals surface area (Å²) in [7, 11) is 4.27. The van der Waals surface area contributed by atoms with Gasteiger partial charge in [0.25, 0.3) is 0 Å². The van der Waals surface area contributed by atoms with Gasteiger partial charge in [-0.1, -0.05) is 6.42 Å². The molecule has 0 aliphatic heterocycles. The van der Waals surface area contributed by atoms with Gasteiger partial charge in [0.2, 0.25) is 0 Å². The van der Waals surface area contributed by atoms with E-state index in [2.05, 4.69) is 30.3 Å². The van der Waals surface area contributed by atoms with E-state index in [0.29, 0.717) is 0 Å². The Morgan fingerprint density at radius 3 is 2.82 bits per heavy atom. The summed E-state index contributed by atoms with van der Waals surface area (Å²) < 4.78 is 0. The number of aryl methyl sites for hydroxylation is 1. The minimum absolute atomic E-state index is 0.968. The van der Waals surface area contributed by atoms with Crippen molar-refractivity contribution in [2.75, 3.05) is 20.6 Å². The van der Waals surface area contributed by atoms with Gasteiger partial charge in [-0.05, 0) is 51.4 Å². The van der Waals surface area contributed by atoms with Crippen molar-refractivity contribution in [1.82, 2.24) is 10.2 Å². The first kappa shape index (κ1) is 13.1. The van der Waals surface area contributed by atoms with Crippen LogP contribution in [0.3, 0.4) is 0 Å². The van der Waals surface area contributed by atoms with E-state index in [1.165, 1.54) is 41.1 Å². The van der Waals surface area contributed by atoms with E-state index >= 15 is 0 Å². The van der Waals surface area contributed by atoms with E-state index in [1.54, 1.807) is 0 Å². The van der Waals surface area contributed by atoms with Crippen LogP contribution < -0.4 is 5.32 Å². The highest BCUT2D eigenvalue weighted by atomic mass is 32.1. The molecule has 1 aliphatic carbocycles. The first-order valence-corrected chi connectivity index (χ1v) is 7.42. The Morgan fingerprint density at radius 1 is 1.47 bits per heavy atom. The summed E-state index contributed by atoms with van der Waals surface area (Å²) in [6.45, 7) is 5.63. The molecule has 0 amide bonds. The Kier molecular flexibility index (Phi) is 4.60. The molecular weight excluding hydrogens is 228 g/mol. The van der Waals surface area contributed by atoms with Crippen LogP contribution in [0.25, 0.3) is 0 Å². The third-order valence-electron chi connectivity index (χ3n) is 3.66. The van der Waals surface area contributed by atoms with Gasteiger partial charge in [-0.15, -0.1) is 11.3 Å². The second-order valence-corrected chi connectivity index (χ2v) is 6.66. The molecule has 1 fully saturated rings. The average Bonchev–Trinajstić information content (AvgIpc) is 2.54. The van der Waals surface area contributed by atoms with Gasteiger partial charge in [-0.2, -0.15) is 0 Å². The summed E-state index contributed by atoms with van der Waals surface area (Å²) in [4.78, 5) is 5.43. The van der Waals surface area contributed by atoms with Crippen LogP contribution in [0.1, 0.15) is 34.6 Å². The van der Waals surface area contributed by atoms with E-state index in [0.717, 1.165) is 19.0 Å². The van der Waals surface area contributed by atoms with E-state index in [1.807, 2.05) is 18.4 Å². The highest BCUT2D eigenvalue weighted by Gasteiger charge is 2.19.